The van der Waals surface area contributed by atoms with Crippen LogP contribution in [0.5, 0.6) is 5.75 Å². The third kappa shape index (κ3) is 5.28. The molecule has 208 valence electrons. The van der Waals surface area contributed by atoms with E-state index in [2.05, 4.69) is 29.4 Å². The van der Waals surface area contributed by atoms with Crippen LogP contribution >= 0.6 is 0 Å². The number of nitrogens with zero attached hydrogens (tertiary/aromatic N) is 1. The van der Waals surface area contributed by atoms with Crippen LogP contribution in [0.1, 0.15) is 76.3 Å². The number of carbonyl (C=O) groups excluding carboxylic acids is 2. The molecule has 1 aliphatic heterocycles. The zero-order valence-corrected chi connectivity index (χ0v) is 23.7. The van der Waals surface area contributed by atoms with E-state index in [1.807, 2.05) is 38.2 Å². The standard InChI is InChI=1S/C31H45N3O4/c1-21-11-12-26(38-5)16-27(21)30-13-14-34(4)23(3)31(30,37)17-25(28(18-30)33-20-35)15-22(2)29(36)32-19-24-9-7-6-8-10-24/h11-12,15-16,20,23-24,37H,6-10,13-14,17-19H2,1-5H3,(H,32,36)(H,33,35)/b22-15+/t23?,30-,31?/m0/s1. The van der Waals surface area contributed by atoms with Crippen molar-refractivity contribution < 1.29 is 19.4 Å². The SMILES string of the molecule is COc1ccc(C)c([C@@]23CCN(C)C(C)C2(O)CC(/C=C(\C)C(=O)NCC2CCCCC2)=C(NC=O)C3)c1. The Bertz CT molecular complexity index is 1110. The molecule has 7 nitrogen and oxygen atoms in total. The number of methoxy groups -OCH3 is 1. The van der Waals surface area contributed by atoms with Crippen molar-refractivity contribution in [3.63, 3.8) is 0 Å². The summed E-state index contributed by atoms with van der Waals surface area (Å²) in [5.41, 5.74) is 2.57. The molecule has 0 bridgehead atoms. The molecular weight excluding hydrogens is 478 g/mol. The van der Waals surface area contributed by atoms with E-state index in [9.17, 15) is 14.7 Å². The highest BCUT2D eigenvalue weighted by atomic mass is 16.5. The molecule has 3 N–H and O–H groups in total. The van der Waals surface area contributed by atoms with Gasteiger partial charge in [-0.05, 0) is 94.5 Å². The van der Waals surface area contributed by atoms with Gasteiger partial charge in [-0.15, -0.1) is 0 Å². The van der Waals surface area contributed by atoms with Gasteiger partial charge in [-0.2, -0.15) is 0 Å². The Morgan fingerprint density at radius 3 is 2.66 bits per heavy atom. The summed E-state index contributed by atoms with van der Waals surface area (Å²) < 4.78 is 5.57. The van der Waals surface area contributed by atoms with E-state index in [1.54, 1.807) is 7.11 Å². The third-order valence-corrected chi connectivity index (χ3v) is 9.62. The Balaban J connectivity index is 1.72. The summed E-state index contributed by atoms with van der Waals surface area (Å²) >= 11 is 0. The number of carbonyl (C=O) groups is 2. The molecule has 1 aromatic rings. The number of fused-ring (bicyclic) bond motifs is 1. The van der Waals surface area contributed by atoms with Gasteiger partial charge in [-0.3, -0.25) is 9.59 Å². The van der Waals surface area contributed by atoms with E-state index in [4.69, 9.17) is 4.74 Å². The van der Waals surface area contributed by atoms with Gasteiger partial charge >= 0.3 is 0 Å². The number of likely N-dealkylation sites (N-methyl/N-ethyl adjacent to an activating group) is 1. The average molecular weight is 524 g/mol. The highest BCUT2D eigenvalue weighted by Crippen LogP contribution is 2.56. The highest BCUT2D eigenvalue weighted by Gasteiger charge is 2.60. The van der Waals surface area contributed by atoms with Gasteiger partial charge in [0.25, 0.3) is 0 Å². The predicted octanol–water partition coefficient (Wildman–Crippen LogP) is 4.13. The monoisotopic (exact) mass is 523 g/mol. The first-order valence-corrected chi connectivity index (χ1v) is 14.1. The molecule has 0 aromatic heterocycles. The van der Waals surface area contributed by atoms with Crippen LogP contribution in [0, 0.1) is 12.8 Å². The number of hydrogen-bond donors (Lipinski definition) is 3. The fraction of sp³-hybridized carbons (Fsp3) is 0.613. The second kappa shape index (κ2) is 11.6. The van der Waals surface area contributed by atoms with Crippen molar-refractivity contribution in [1.82, 2.24) is 15.5 Å². The van der Waals surface area contributed by atoms with Crippen molar-refractivity contribution in [1.29, 1.82) is 0 Å². The lowest BCUT2D eigenvalue weighted by atomic mass is 9.53. The molecule has 1 aromatic carbocycles. The van der Waals surface area contributed by atoms with Gasteiger partial charge in [-0.25, -0.2) is 0 Å². The van der Waals surface area contributed by atoms with Crippen LogP contribution in [-0.2, 0) is 15.0 Å². The van der Waals surface area contributed by atoms with Crippen molar-refractivity contribution in [3.05, 3.63) is 52.2 Å². The summed E-state index contributed by atoms with van der Waals surface area (Å²) in [6.45, 7) is 7.48. The van der Waals surface area contributed by atoms with E-state index in [-0.39, 0.29) is 11.9 Å². The van der Waals surface area contributed by atoms with Crippen LogP contribution in [0.3, 0.4) is 0 Å². The second-order valence-electron chi connectivity index (χ2n) is 11.8. The minimum atomic E-state index is -1.12. The number of amides is 2. The first-order chi connectivity index (χ1) is 18.1. The number of rotatable bonds is 8. The number of benzene rings is 1. The van der Waals surface area contributed by atoms with Crippen LogP contribution in [0.25, 0.3) is 0 Å². The van der Waals surface area contributed by atoms with Gasteiger partial charge in [0, 0.05) is 42.1 Å². The third-order valence-electron chi connectivity index (χ3n) is 9.62. The molecule has 1 saturated carbocycles. The number of piperidine rings is 1. The molecule has 3 atom stereocenters. The summed E-state index contributed by atoms with van der Waals surface area (Å²) in [7, 11) is 3.70. The van der Waals surface area contributed by atoms with Crippen molar-refractivity contribution in [2.75, 3.05) is 27.2 Å². The molecule has 2 amide bonds. The number of ether oxygens (including phenoxy) is 1. The number of aliphatic hydroxyl groups is 1. The Hall–Kier alpha value is -2.64. The smallest absolute Gasteiger partial charge is 0.246 e. The van der Waals surface area contributed by atoms with Gasteiger partial charge < -0.3 is 25.4 Å². The van der Waals surface area contributed by atoms with Crippen LogP contribution in [0.15, 0.2) is 41.1 Å². The summed E-state index contributed by atoms with van der Waals surface area (Å²) in [5, 5.41) is 18.7. The minimum absolute atomic E-state index is 0.0881. The van der Waals surface area contributed by atoms with Crippen LogP contribution in [0.2, 0.25) is 0 Å². The molecule has 7 heteroatoms. The molecule has 4 rings (SSSR count). The van der Waals surface area contributed by atoms with Crippen LogP contribution in [-0.4, -0.2) is 61.2 Å². The molecule has 0 radical (unpaired) electrons. The molecule has 2 unspecified atom stereocenters. The minimum Gasteiger partial charge on any atom is -0.497 e. The van der Waals surface area contributed by atoms with Gasteiger partial charge in [0.15, 0.2) is 0 Å². The first-order valence-electron chi connectivity index (χ1n) is 14.1. The fourth-order valence-electron chi connectivity index (χ4n) is 7.07. The molecular formula is C31H45N3O4. The molecule has 1 heterocycles. The van der Waals surface area contributed by atoms with Crippen molar-refractivity contribution in [2.45, 2.75) is 89.2 Å². The van der Waals surface area contributed by atoms with Crippen molar-refractivity contribution in [2.24, 2.45) is 5.92 Å². The Morgan fingerprint density at radius 1 is 1.24 bits per heavy atom. The average Bonchev–Trinajstić information content (AvgIpc) is 2.92. The Kier molecular flexibility index (Phi) is 8.68. The van der Waals surface area contributed by atoms with E-state index in [1.165, 1.54) is 32.1 Å². The summed E-state index contributed by atoms with van der Waals surface area (Å²) in [6, 6.07) is 5.89. The summed E-state index contributed by atoms with van der Waals surface area (Å²) in [4.78, 5) is 27.0. The Labute approximate surface area is 227 Å². The van der Waals surface area contributed by atoms with Crippen molar-refractivity contribution in [3.8, 4) is 5.75 Å². The van der Waals surface area contributed by atoms with E-state index in [0.717, 1.165) is 41.1 Å². The molecule has 2 fully saturated rings. The first kappa shape index (κ1) is 28.4. The number of allylic oxidation sites excluding steroid dienone is 2. The lowest BCUT2D eigenvalue weighted by molar-refractivity contribution is -0.132. The van der Waals surface area contributed by atoms with Crippen LogP contribution < -0.4 is 15.4 Å². The number of likely N-dealkylation sites (tertiary alicyclic amines) is 1. The van der Waals surface area contributed by atoms with Gasteiger partial charge in [0.05, 0.1) is 12.7 Å². The maximum Gasteiger partial charge on any atom is 0.246 e. The number of aryl methyl sites for hydroxylation is 1. The maximum absolute atomic E-state index is 13.0. The summed E-state index contributed by atoms with van der Waals surface area (Å²) in [5.74, 6) is 1.21. The van der Waals surface area contributed by atoms with Crippen LogP contribution in [0.4, 0.5) is 0 Å². The number of nitrogens with one attached hydrogen (secondary N) is 2. The van der Waals surface area contributed by atoms with Crippen molar-refractivity contribution >= 4 is 12.3 Å². The molecule has 2 aliphatic carbocycles. The predicted molar refractivity (Wildman–Crippen MR) is 150 cm³/mol. The van der Waals surface area contributed by atoms with Gasteiger partial charge in [-0.1, -0.05) is 25.3 Å². The highest BCUT2D eigenvalue weighted by molar-refractivity contribution is 5.93. The lowest BCUT2D eigenvalue weighted by Gasteiger charge is -2.60. The van der Waals surface area contributed by atoms with E-state index < -0.39 is 11.0 Å². The fourth-order valence-corrected chi connectivity index (χ4v) is 7.07. The normalized spacial score (nSPS) is 29.0. The zero-order valence-electron chi connectivity index (χ0n) is 23.7. The Morgan fingerprint density at radius 2 is 1.97 bits per heavy atom. The number of hydrogen-bond acceptors (Lipinski definition) is 5. The summed E-state index contributed by atoms with van der Waals surface area (Å²) in [6.07, 6.45) is 10.2. The molecule has 38 heavy (non-hydrogen) atoms. The van der Waals surface area contributed by atoms with Gasteiger partial charge in [0.2, 0.25) is 12.3 Å². The van der Waals surface area contributed by atoms with E-state index >= 15 is 0 Å². The molecule has 3 aliphatic rings. The van der Waals surface area contributed by atoms with E-state index in [0.29, 0.717) is 37.3 Å². The quantitative estimate of drug-likeness (QED) is 0.352. The molecule has 1 saturated heterocycles. The maximum atomic E-state index is 13.0. The lowest BCUT2D eigenvalue weighted by Crippen LogP contribution is -2.68. The van der Waals surface area contributed by atoms with Gasteiger partial charge in [0.1, 0.15) is 5.75 Å². The zero-order chi connectivity index (χ0) is 27.5. The topological polar surface area (TPSA) is 90.9 Å². The largest absolute Gasteiger partial charge is 0.497 e. The second-order valence-corrected chi connectivity index (χ2v) is 11.8. The molecule has 0 spiro atoms.